The number of benzene rings is 3. The van der Waals surface area contributed by atoms with Crippen molar-refractivity contribution in [1.82, 2.24) is 9.13 Å². The first kappa shape index (κ1) is 28.1. The minimum absolute atomic E-state index is 0.246. The van der Waals surface area contributed by atoms with Crippen molar-refractivity contribution in [3.05, 3.63) is 102 Å². The highest BCUT2D eigenvalue weighted by molar-refractivity contribution is 5.90. The molecule has 0 atom stereocenters. The predicted molar refractivity (Wildman–Crippen MR) is 143 cm³/mol. The van der Waals surface area contributed by atoms with Gasteiger partial charge in [0.15, 0.2) is 22.7 Å². The van der Waals surface area contributed by atoms with E-state index in [1.165, 1.54) is 36.4 Å². The highest BCUT2D eigenvalue weighted by Gasteiger charge is 2.22. The summed E-state index contributed by atoms with van der Waals surface area (Å²) in [5.74, 6) is -4.80. The largest absolute Gasteiger partial charge is 0.513 e. The lowest BCUT2D eigenvalue weighted by atomic mass is 10.1. The molecule has 0 spiro atoms. The number of rotatable bonds is 5. The Morgan fingerprint density at radius 2 is 1.09 bits per heavy atom. The third-order valence-corrected chi connectivity index (χ3v) is 5.95. The number of carboxylic acids is 1. The van der Waals surface area contributed by atoms with Crippen LogP contribution in [0.2, 0.25) is 0 Å². The lowest BCUT2D eigenvalue weighted by Crippen LogP contribution is -2.33. The Hall–Kier alpha value is -6.45. The van der Waals surface area contributed by atoms with Gasteiger partial charge in [0.1, 0.15) is 0 Å². The normalized spacial score (nSPS) is 10.8. The minimum Gasteiger partial charge on any atom is -0.478 e. The maximum Gasteiger partial charge on any atom is 0.513 e. The van der Waals surface area contributed by atoms with E-state index in [0.29, 0.717) is 9.13 Å². The molecule has 0 unspecified atom stereocenters. The number of aromatic nitrogens is 2. The standard InChI is InChI=1S/C27H16N2O14/c1-38-26(36)40-17-7-3-5-15-19(17)42-24(34)28(21(15)30)13-9-12(23(32)33)10-14(11-13)29-22(31)16-6-4-8-18(41-27(37)39-2)20(16)43-25(29)35/h3-11H,1-2H3,(H,32,33). The quantitative estimate of drug-likeness (QED) is 0.229. The number of carbonyl (C=O) groups is 3. The summed E-state index contributed by atoms with van der Waals surface area (Å²) in [6.45, 7) is 0. The van der Waals surface area contributed by atoms with E-state index in [4.69, 9.17) is 18.3 Å². The van der Waals surface area contributed by atoms with Crippen LogP contribution in [0, 0.1) is 0 Å². The number of nitrogens with zero attached hydrogens (tertiary/aromatic N) is 2. The van der Waals surface area contributed by atoms with Gasteiger partial charge in [0.2, 0.25) is 0 Å². The second-order valence-electron chi connectivity index (χ2n) is 8.44. The first-order valence-electron chi connectivity index (χ1n) is 11.8. The first-order valence-corrected chi connectivity index (χ1v) is 11.8. The average molecular weight is 592 g/mol. The predicted octanol–water partition coefficient (Wildman–Crippen LogP) is 2.19. The Kier molecular flexibility index (Phi) is 7.09. The Morgan fingerprint density at radius 1 is 0.674 bits per heavy atom. The van der Waals surface area contributed by atoms with Crippen molar-refractivity contribution < 1.29 is 47.3 Å². The molecular formula is C27H16N2O14. The van der Waals surface area contributed by atoms with Crippen molar-refractivity contribution in [2.75, 3.05) is 14.2 Å². The number of methoxy groups -OCH3 is 2. The number of hydrogen-bond acceptors (Lipinski definition) is 13. The van der Waals surface area contributed by atoms with Crippen LogP contribution in [0.15, 0.2) is 82.6 Å². The van der Waals surface area contributed by atoms with Crippen LogP contribution in [0.25, 0.3) is 33.3 Å². The Bertz CT molecular complexity index is 2070. The number of aromatic carboxylic acids is 1. The Morgan fingerprint density at radius 3 is 1.47 bits per heavy atom. The van der Waals surface area contributed by atoms with Crippen molar-refractivity contribution >= 4 is 40.2 Å². The summed E-state index contributed by atoms with van der Waals surface area (Å²) in [4.78, 5) is 88.1. The van der Waals surface area contributed by atoms with E-state index in [0.717, 1.165) is 32.4 Å². The van der Waals surface area contributed by atoms with Crippen molar-refractivity contribution in [2.45, 2.75) is 0 Å². The first-order chi connectivity index (χ1) is 20.5. The van der Waals surface area contributed by atoms with Crippen molar-refractivity contribution in [1.29, 1.82) is 0 Å². The van der Waals surface area contributed by atoms with E-state index in [-0.39, 0.29) is 22.3 Å². The highest BCUT2D eigenvalue weighted by Crippen LogP contribution is 2.25. The molecule has 16 heteroatoms. The fourth-order valence-electron chi connectivity index (χ4n) is 4.10. The van der Waals surface area contributed by atoms with Gasteiger partial charge in [0, 0.05) is 0 Å². The number of carbonyl (C=O) groups excluding carboxylic acids is 2. The molecule has 3 aromatic carbocycles. The van der Waals surface area contributed by atoms with E-state index in [1.54, 1.807) is 0 Å². The fourth-order valence-corrected chi connectivity index (χ4v) is 4.10. The molecule has 5 rings (SSSR count). The van der Waals surface area contributed by atoms with Gasteiger partial charge in [-0.15, -0.1) is 0 Å². The number of para-hydroxylation sites is 2. The zero-order valence-electron chi connectivity index (χ0n) is 21.8. The van der Waals surface area contributed by atoms with Gasteiger partial charge in [0.25, 0.3) is 11.1 Å². The highest BCUT2D eigenvalue weighted by atomic mass is 16.7. The molecule has 218 valence electrons. The molecule has 0 saturated carbocycles. The molecular weight excluding hydrogens is 576 g/mol. The lowest BCUT2D eigenvalue weighted by molar-refractivity contribution is 0.0696. The summed E-state index contributed by atoms with van der Waals surface area (Å²) >= 11 is 0. The number of fused-ring (bicyclic) bond motifs is 2. The lowest BCUT2D eigenvalue weighted by Gasteiger charge is -2.12. The van der Waals surface area contributed by atoms with Crippen molar-refractivity contribution in [2.24, 2.45) is 0 Å². The van der Waals surface area contributed by atoms with Crippen LogP contribution in [-0.2, 0) is 9.47 Å². The maximum atomic E-state index is 13.4. The molecule has 2 aromatic heterocycles. The van der Waals surface area contributed by atoms with E-state index in [1.807, 2.05) is 0 Å². The molecule has 0 amide bonds. The van der Waals surface area contributed by atoms with Crippen LogP contribution in [-0.4, -0.2) is 46.7 Å². The van der Waals surface area contributed by atoms with Gasteiger partial charge in [-0.05, 0) is 42.5 Å². The van der Waals surface area contributed by atoms with E-state index in [9.17, 15) is 38.7 Å². The average Bonchev–Trinajstić information content (AvgIpc) is 2.97. The second-order valence-corrected chi connectivity index (χ2v) is 8.44. The summed E-state index contributed by atoms with van der Waals surface area (Å²) < 4.78 is 30.0. The van der Waals surface area contributed by atoms with Gasteiger partial charge < -0.3 is 32.9 Å². The third-order valence-electron chi connectivity index (χ3n) is 5.95. The molecule has 0 aliphatic carbocycles. The van der Waals surface area contributed by atoms with Crippen LogP contribution < -0.4 is 32.1 Å². The Balaban J connectivity index is 1.76. The molecule has 16 nitrogen and oxygen atoms in total. The van der Waals surface area contributed by atoms with E-state index >= 15 is 0 Å². The molecule has 43 heavy (non-hydrogen) atoms. The van der Waals surface area contributed by atoms with Gasteiger partial charge in [-0.25, -0.2) is 33.1 Å². The van der Waals surface area contributed by atoms with Crippen LogP contribution in [0.4, 0.5) is 9.59 Å². The minimum atomic E-state index is -1.54. The van der Waals surface area contributed by atoms with Crippen molar-refractivity contribution in [3.63, 3.8) is 0 Å². The zero-order chi connectivity index (χ0) is 31.0. The van der Waals surface area contributed by atoms with Gasteiger partial charge in [0.05, 0.1) is 41.9 Å². The summed E-state index contributed by atoms with van der Waals surface area (Å²) in [6, 6.07) is 10.5. The molecule has 0 bridgehead atoms. The van der Waals surface area contributed by atoms with Crippen LogP contribution >= 0.6 is 0 Å². The number of carboxylic acid groups (broad SMARTS) is 1. The number of hydrogen-bond donors (Lipinski definition) is 1. The van der Waals surface area contributed by atoms with E-state index in [2.05, 4.69) is 9.47 Å². The van der Waals surface area contributed by atoms with Crippen LogP contribution in [0.3, 0.4) is 0 Å². The van der Waals surface area contributed by atoms with Gasteiger partial charge in [-0.2, -0.15) is 0 Å². The Labute approximate surface area is 236 Å². The maximum absolute atomic E-state index is 13.4. The SMILES string of the molecule is COC(=O)Oc1cccc2c(=O)n(-c3cc(C(=O)O)cc(-n4c(=O)oc5c(OC(=O)OC)cccc5c4=O)c3)c(=O)oc12. The molecule has 0 aliphatic heterocycles. The monoisotopic (exact) mass is 592 g/mol. The van der Waals surface area contributed by atoms with Gasteiger partial charge in [-0.1, -0.05) is 12.1 Å². The molecule has 0 radical (unpaired) electrons. The van der Waals surface area contributed by atoms with Crippen molar-refractivity contribution in [3.8, 4) is 22.9 Å². The smallest absolute Gasteiger partial charge is 0.478 e. The molecule has 0 saturated heterocycles. The molecule has 1 N–H and O–H groups in total. The molecule has 2 heterocycles. The van der Waals surface area contributed by atoms with Gasteiger partial charge >= 0.3 is 29.8 Å². The molecule has 0 fully saturated rings. The van der Waals surface area contributed by atoms with Crippen LogP contribution in [0.5, 0.6) is 11.5 Å². The fraction of sp³-hybridized carbons (Fsp3) is 0.0741. The summed E-state index contributed by atoms with van der Waals surface area (Å²) in [7, 11) is 2.08. The second kappa shape index (κ2) is 10.8. The topological polar surface area (TPSA) is 213 Å². The number of ether oxygens (including phenoxy) is 4. The molecule has 0 aliphatic rings. The third kappa shape index (κ3) is 4.99. The summed E-state index contributed by atoms with van der Waals surface area (Å²) in [5, 5.41) is 9.24. The summed E-state index contributed by atoms with van der Waals surface area (Å²) in [6.07, 6.45) is -2.30. The molecule has 5 aromatic rings. The van der Waals surface area contributed by atoms with Crippen LogP contribution in [0.1, 0.15) is 10.4 Å². The van der Waals surface area contributed by atoms with Gasteiger partial charge in [-0.3, -0.25) is 9.59 Å². The summed E-state index contributed by atoms with van der Waals surface area (Å²) in [5.41, 5.74) is -4.16. The zero-order valence-corrected chi connectivity index (χ0v) is 21.8. The van der Waals surface area contributed by atoms with E-state index < -0.39 is 69.0 Å².